The topological polar surface area (TPSA) is 102 Å². The van der Waals surface area contributed by atoms with Gasteiger partial charge in [0.05, 0.1) is 23.1 Å². The third-order valence-electron chi connectivity index (χ3n) is 6.06. The van der Waals surface area contributed by atoms with Crippen molar-refractivity contribution in [3.63, 3.8) is 0 Å². The number of esters is 1. The summed E-state index contributed by atoms with van der Waals surface area (Å²) in [4.78, 5) is 29.3. The molecule has 204 valence electrons. The Morgan fingerprint density at radius 3 is 2.45 bits per heavy atom. The van der Waals surface area contributed by atoms with E-state index >= 15 is 0 Å². The van der Waals surface area contributed by atoms with E-state index in [2.05, 4.69) is 25.3 Å². The number of anilines is 1. The molecule has 0 aliphatic rings. The van der Waals surface area contributed by atoms with Crippen molar-refractivity contribution >= 4 is 23.0 Å². The number of ether oxygens (including phenoxy) is 2. The maximum atomic E-state index is 13.6. The highest BCUT2D eigenvalue weighted by atomic mass is 19.1. The summed E-state index contributed by atoms with van der Waals surface area (Å²) in [5.74, 6) is 0.0638. The van der Waals surface area contributed by atoms with Gasteiger partial charge in [-0.3, -0.25) is 4.79 Å². The van der Waals surface area contributed by atoms with Gasteiger partial charge >= 0.3 is 12.0 Å². The number of carbonyl (C=O) groups is 1. The van der Waals surface area contributed by atoms with E-state index < -0.39 is 11.5 Å². The quantitative estimate of drug-likeness (QED) is 0.200. The van der Waals surface area contributed by atoms with Crippen LogP contribution in [0.4, 0.5) is 10.3 Å². The summed E-state index contributed by atoms with van der Waals surface area (Å²) >= 11 is 0. The van der Waals surface area contributed by atoms with Crippen molar-refractivity contribution in [1.29, 1.82) is 0 Å². The summed E-state index contributed by atoms with van der Waals surface area (Å²) in [7, 11) is 0. The average Bonchev–Trinajstić information content (AvgIpc) is 3.34. The molecule has 0 amide bonds. The Morgan fingerprint density at radius 2 is 1.73 bits per heavy atom. The summed E-state index contributed by atoms with van der Waals surface area (Å²) in [6, 6.07) is 23.3. The molecular formula is C31H30FN5O3. The van der Waals surface area contributed by atoms with Crippen molar-refractivity contribution in [2.45, 2.75) is 45.3 Å². The van der Waals surface area contributed by atoms with Crippen LogP contribution in [0.3, 0.4) is 0 Å². The molecule has 2 aromatic heterocycles. The molecule has 0 radical (unpaired) electrons. The lowest BCUT2D eigenvalue weighted by molar-refractivity contribution is -0.155. The molecule has 0 aliphatic carbocycles. The maximum absolute atomic E-state index is 13.6. The van der Waals surface area contributed by atoms with Gasteiger partial charge in [0.1, 0.15) is 17.2 Å². The second-order valence-corrected chi connectivity index (χ2v) is 10.4. The van der Waals surface area contributed by atoms with E-state index in [1.165, 1.54) is 12.1 Å². The minimum absolute atomic E-state index is 0.0340. The first-order valence-corrected chi connectivity index (χ1v) is 13.0. The Kier molecular flexibility index (Phi) is 7.72. The minimum Gasteiger partial charge on any atom is -0.460 e. The molecule has 0 bridgehead atoms. The van der Waals surface area contributed by atoms with Crippen molar-refractivity contribution in [2.75, 3.05) is 5.32 Å². The monoisotopic (exact) mass is 539 g/mol. The fourth-order valence-electron chi connectivity index (χ4n) is 4.24. The highest BCUT2D eigenvalue weighted by Gasteiger charge is 2.24. The summed E-state index contributed by atoms with van der Waals surface area (Å²) in [5, 5.41) is 3.29. The number of nitrogens with one attached hydrogen (secondary N) is 2. The van der Waals surface area contributed by atoms with Gasteiger partial charge in [0.25, 0.3) is 0 Å². The molecule has 3 aromatic carbocycles. The zero-order valence-electron chi connectivity index (χ0n) is 22.5. The number of hydrogen-bond acceptors (Lipinski definition) is 7. The molecule has 0 aliphatic heterocycles. The van der Waals surface area contributed by atoms with Gasteiger partial charge < -0.3 is 19.8 Å². The van der Waals surface area contributed by atoms with E-state index in [9.17, 15) is 9.18 Å². The number of aromatic nitrogens is 4. The number of para-hydroxylation sites is 2. The lowest BCUT2D eigenvalue weighted by Gasteiger charge is -2.22. The Hall–Kier alpha value is -4.79. The van der Waals surface area contributed by atoms with Gasteiger partial charge in [-0.05, 0) is 74.4 Å². The minimum atomic E-state index is -0.627. The number of fused-ring (bicyclic) bond motifs is 1. The fraction of sp³-hybridized carbons (Fsp3) is 0.226. The van der Waals surface area contributed by atoms with E-state index in [1.54, 1.807) is 24.4 Å². The van der Waals surface area contributed by atoms with Gasteiger partial charge in [-0.25, -0.2) is 14.4 Å². The van der Waals surface area contributed by atoms with E-state index in [4.69, 9.17) is 9.47 Å². The highest BCUT2D eigenvalue weighted by Crippen LogP contribution is 2.30. The molecule has 0 saturated heterocycles. The van der Waals surface area contributed by atoms with Crippen LogP contribution in [0, 0.1) is 5.82 Å². The first-order chi connectivity index (χ1) is 19.2. The summed E-state index contributed by atoms with van der Waals surface area (Å²) in [6.07, 6.45) is 1.61. The Labute approximate surface area is 231 Å². The van der Waals surface area contributed by atoms with Crippen molar-refractivity contribution < 1.29 is 18.7 Å². The Morgan fingerprint density at radius 1 is 0.975 bits per heavy atom. The summed E-state index contributed by atoms with van der Waals surface area (Å²) in [6.45, 7) is 6.02. The molecule has 5 rings (SSSR count). The molecule has 2 heterocycles. The molecule has 40 heavy (non-hydrogen) atoms. The van der Waals surface area contributed by atoms with Crippen LogP contribution in [-0.4, -0.2) is 31.5 Å². The molecule has 8 nitrogen and oxygen atoms in total. The number of rotatable bonds is 9. The molecule has 0 fully saturated rings. The van der Waals surface area contributed by atoms with Crippen LogP contribution in [0.15, 0.2) is 85.1 Å². The number of imidazole rings is 1. The second kappa shape index (κ2) is 11.5. The van der Waals surface area contributed by atoms with E-state index in [1.807, 2.05) is 69.3 Å². The van der Waals surface area contributed by atoms with Crippen molar-refractivity contribution in [2.24, 2.45) is 0 Å². The molecular weight excluding hydrogens is 509 g/mol. The van der Waals surface area contributed by atoms with Crippen molar-refractivity contribution in [3.8, 4) is 11.8 Å². The lowest BCUT2D eigenvalue weighted by Crippen LogP contribution is -2.25. The largest absolute Gasteiger partial charge is 0.460 e. The number of aromatic amines is 1. The van der Waals surface area contributed by atoms with Crippen molar-refractivity contribution in [3.05, 3.63) is 108 Å². The molecule has 2 N–H and O–H groups in total. The lowest BCUT2D eigenvalue weighted by atomic mass is 9.92. The normalized spacial score (nSPS) is 12.2. The molecule has 5 aromatic rings. The first-order valence-electron chi connectivity index (χ1n) is 13.0. The first kappa shape index (κ1) is 26.8. The zero-order valence-corrected chi connectivity index (χ0v) is 22.5. The molecule has 9 heteroatoms. The zero-order chi connectivity index (χ0) is 28.1. The van der Waals surface area contributed by atoms with Gasteiger partial charge in [0, 0.05) is 18.7 Å². The van der Waals surface area contributed by atoms with Crippen LogP contribution in [0.5, 0.6) is 11.8 Å². The van der Waals surface area contributed by atoms with Crippen LogP contribution >= 0.6 is 0 Å². The second-order valence-electron chi connectivity index (χ2n) is 10.4. The number of carbonyl (C=O) groups excluding carboxylic acids is 1. The van der Waals surface area contributed by atoms with Crippen molar-refractivity contribution in [1.82, 2.24) is 19.9 Å². The fourth-order valence-corrected chi connectivity index (χ4v) is 4.24. The molecule has 0 spiro atoms. The van der Waals surface area contributed by atoms with Gasteiger partial charge in [-0.2, -0.15) is 4.98 Å². The molecule has 1 unspecified atom stereocenters. The Balaban J connectivity index is 1.28. The van der Waals surface area contributed by atoms with Crippen LogP contribution in [0.2, 0.25) is 0 Å². The van der Waals surface area contributed by atoms with Crippen LogP contribution < -0.4 is 10.1 Å². The van der Waals surface area contributed by atoms with Gasteiger partial charge in [-0.15, -0.1) is 0 Å². The number of nitrogens with zero attached hydrogens (tertiary/aromatic N) is 3. The van der Waals surface area contributed by atoms with Gasteiger partial charge in [-0.1, -0.05) is 36.4 Å². The number of H-pyrrole nitrogens is 1. The third kappa shape index (κ3) is 6.99. The van der Waals surface area contributed by atoms with E-state index in [0.29, 0.717) is 23.9 Å². The predicted molar refractivity (Wildman–Crippen MR) is 151 cm³/mol. The van der Waals surface area contributed by atoms with Crippen LogP contribution in [-0.2, 0) is 16.1 Å². The van der Waals surface area contributed by atoms with E-state index in [-0.39, 0.29) is 24.2 Å². The molecule has 0 saturated carbocycles. The standard InChI is InChI=1S/C31H30FN5O3/c1-31(2,3)40-28(38)18-24(21-10-12-22(32)13-11-21)25-16-17-33-30(37-25)39-23-14-8-20(9-15-23)19-34-29-35-26-6-4-5-7-27(26)36-29/h4-17,24H,18-19H2,1-3H3,(H2,34,35,36). The summed E-state index contributed by atoms with van der Waals surface area (Å²) < 4.78 is 25.1. The van der Waals surface area contributed by atoms with Crippen LogP contribution in [0.25, 0.3) is 11.0 Å². The smallest absolute Gasteiger partial charge is 0.322 e. The van der Waals surface area contributed by atoms with Crippen LogP contribution in [0.1, 0.15) is 49.9 Å². The third-order valence-corrected chi connectivity index (χ3v) is 6.06. The maximum Gasteiger partial charge on any atom is 0.322 e. The van der Waals surface area contributed by atoms with Gasteiger partial charge in [0.2, 0.25) is 5.95 Å². The van der Waals surface area contributed by atoms with E-state index in [0.717, 1.165) is 22.2 Å². The predicted octanol–water partition coefficient (Wildman–Crippen LogP) is 6.76. The Bertz CT molecular complexity index is 1560. The number of hydrogen-bond donors (Lipinski definition) is 2. The number of benzene rings is 3. The SMILES string of the molecule is CC(C)(C)OC(=O)CC(c1ccc(F)cc1)c1ccnc(Oc2ccc(CNc3nc4ccccc4[nH]3)cc2)n1. The average molecular weight is 540 g/mol. The van der Waals surface area contributed by atoms with Gasteiger partial charge in [0.15, 0.2) is 0 Å². The highest BCUT2D eigenvalue weighted by molar-refractivity contribution is 5.77. The molecule has 1 atom stereocenters. The number of halogens is 1. The summed E-state index contributed by atoms with van der Waals surface area (Å²) in [5.41, 5.74) is 3.59.